The molecular weight excluding hydrogens is 287 g/mol. The van der Waals surface area contributed by atoms with Crippen LogP contribution in [0.5, 0.6) is 5.75 Å². The number of piperazine rings is 1. The van der Waals surface area contributed by atoms with E-state index in [2.05, 4.69) is 5.32 Å². The van der Waals surface area contributed by atoms with E-state index < -0.39 is 0 Å². The summed E-state index contributed by atoms with van der Waals surface area (Å²) in [5, 5.41) is 13.9. The first kappa shape index (κ1) is 13.0. The average Bonchev–Trinajstić information content (AvgIpc) is 2.80. The van der Waals surface area contributed by atoms with Gasteiger partial charge in [0.25, 0.3) is 0 Å². The van der Waals surface area contributed by atoms with E-state index in [4.69, 9.17) is 23.2 Å². The van der Waals surface area contributed by atoms with E-state index in [1.54, 1.807) is 12.1 Å². The van der Waals surface area contributed by atoms with Gasteiger partial charge in [-0.2, -0.15) is 0 Å². The molecule has 0 unspecified atom stereocenters. The van der Waals surface area contributed by atoms with Crippen LogP contribution in [0.1, 0.15) is 17.9 Å². The molecule has 102 valence electrons. The van der Waals surface area contributed by atoms with Gasteiger partial charge in [-0.15, -0.1) is 0 Å². The Hall–Kier alpha value is -0.970. The number of hydrogen-bond donors (Lipinski definition) is 2. The number of halogens is 2. The maximum Gasteiger partial charge on any atom is 0.236 e. The van der Waals surface area contributed by atoms with Crippen LogP contribution in [-0.2, 0) is 4.79 Å². The lowest BCUT2D eigenvalue weighted by molar-refractivity contribution is -0.133. The van der Waals surface area contributed by atoms with Gasteiger partial charge in [0.05, 0.1) is 16.6 Å². The maximum absolute atomic E-state index is 11.8. The summed E-state index contributed by atoms with van der Waals surface area (Å²) >= 11 is 12.2. The number of hydrogen-bond acceptors (Lipinski definition) is 3. The number of rotatable bonds is 1. The molecule has 19 heavy (non-hydrogen) atoms. The Balaban J connectivity index is 1.93. The van der Waals surface area contributed by atoms with E-state index in [1.165, 1.54) is 0 Å². The molecule has 4 nitrogen and oxygen atoms in total. The number of amides is 1. The molecule has 2 saturated heterocycles. The summed E-state index contributed by atoms with van der Waals surface area (Å²) < 4.78 is 0. The van der Waals surface area contributed by atoms with Gasteiger partial charge in [-0.25, -0.2) is 0 Å². The fourth-order valence-electron chi connectivity index (χ4n) is 3.02. The molecule has 0 bridgehead atoms. The highest BCUT2D eigenvalue weighted by atomic mass is 35.5. The highest BCUT2D eigenvalue weighted by Gasteiger charge is 2.39. The molecule has 3 rings (SSSR count). The minimum atomic E-state index is 0.0417. The van der Waals surface area contributed by atoms with Crippen molar-refractivity contribution < 1.29 is 9.90 Å². The zero-order chi connectivity index (χ0) is 13.6. The van der Waals surface area contributed by atoms with Crippen molar-refractivity contribution in [3.05, 3.63) is 27.7 Å². The molecule has 0 radical (unpaired) electrons. The zero-order valence-electron chi connectivity index (χ0n) is 10.2. The molecule has 1 amide bonds. The van der Waals surface area contributed by atoms with Gasteiger partial charge in [-0.05, 0) is 18.6 Å². The van der Waals surface area contributed by atoms with Gasteiger partial charge in [0.2, 0.25) is 5.91 Å². The molecule has 0 aliphatic carbocycles. The van der Waals surface area contributed by atoms with Gasteiger partial charge in [0.15, 0.2) is 0 Å². The average molecular weight is 301 g/mol. The number of aromatic hydroxyl groups is 1. The van der Waals surface area contributed by atoms with Crippen molar-refractivity contribution >= 4 is 29.1 Å². The zero-order valence-corrected chi connectivity index (χ0v) is 11.7. The van der Waals surface area contributed by atoms with Crippen LogP contribution in [0, 0.1) is 0 Å². The van der Waals surface area contributed by atoms with Crippen LogP contribution in [0.25, 0.3) is 0 Å². The third-order valence-corrected chi connectivity index (χ3v) is 4.73. The third kappa shape index (κ3) is 2.18. The second-order valence-electron chi connectivity index (χ2n) is 5.06. The van der Waals surface area contributed by atoms with Gasteiger partial charge in [-0.1, -0.05) is 23.2 Å². The lowest BCUT2D eigenvalue weighted by Gasteiger charge is -2.29. The number of phenolic OH excluding ortho intramolecular Hbond substituents is 1. The highest BCUT2D eigenvalue weighted by Crippen LogP contribution is 2.43. The van der Waals surface area contributed by atoms with Crippen molar-refractivity contribution in [3.8, 4) is 5.75 Å². The topological polar surface area (TPSA) is 52.6 Å². The van der Waals surface area contributed by atoms with Crippen molar-refractivity contribution in [1.29, 1.82) is 0 Å². The second kappa shape index (κ2) is 4.85. The molecule has 1 aromatic carbocycles. The number of carbonyl (C=O) groups is 1. The van der Waals surface area contributed by atoms with Crippen LogP contribution in [0.4, 0.5) is 0 Å². The fraction of sp³-hybridized carbons (Fsp3) is 0.462. The highest BCUT2D eigenvalue weighted by molar-refractivity contribution is 6.42. The smallest absolute Gasteiger partial charge is 0.236 e. The number of nitrogens with zero attached hydrogens (tertiary/aromatic N) is 1. The summed E-state index contributed by atoms with van der Waals surface area (Å²) in [5.74, 6) is 0.302. The summed E-state index contributed by atoms with van der Waals surface area (Å²) in [6, 6.07) is 3.32. The minimum Gasteiger partial charge on any atom is -0.508 e. The molecule has 6 heteroatoms. The molecule has 2 heterocycles. The van der Waals surface area contributed by atoms with Gasteiger partial charge in [-0.3, -0.25) is 4.79 Å². The standard InChI is InChI=1S/C13H14Cl2N2O2/c14-9-1-2-10(18)12(13(9)15)7-3-8-4-16-5-11(19)17(8)6-7/h1-2,7-8,16,18H,3-6H2/t7-,8-/m0/s1. The van der Waals surface area contributed by atoms with E-state index in [1.807, 2.05) is 4.90 Å². The Labute approximate surface area is 121 Å². The first-order valence-electron chi connectivity index (χ1n) is 6.25. The Morgan fingerprint density at radius 2 is 2.16 bits per heavy atom. The van der Waals surface area contributed by atoms with Crippen molar-refractivity contribution in [1.82, 2.24) is 10.2 Å². The van der Waals surface area contributed by atoms with Gasteiger partial charge >= 0.3 is 0 Å². The van der Waals surface area contributed by atoms with Crippen molar-refractivity contribution in [2.75, 3.05) is 19.6 Å². The van der Waals surface area contributed by atoms with Crippen LogP contribution >= 0.6 is 23.2 Å². The number of nitrogens with one attached hydrogen (secondary N) is 1. The largest absolute Gasteiger partial charge is 0.508 e. The molecule has 0 aromatic heterocycles. The molecule has 0 spiro atoms. The number of fused-ring (bicyclic) bond motifs is 1. The lowest BCUT2D eigenvalue weighted by Crippen LogP contribution is -2.51. The molecule has 0 saturated carbocycles. The van der Waals surface area contributed by atoms with Crippen LogP contribution in [0.2, 0.25) is 10.0 Å². The quantitative estimate of drug-likeness (QED) is 0.834. The third-order valence-electron chi connectivity index (χ3n) is 3.91. The molecule has 2 fully saturated rings. The van der Waals surface area contributed by atoms with Gasteiger partial charge in [0, 0.05) is 30.6 Å². The number of carbonyl (C=O) groups excluding carboxylic acids is 1. The van der Waals surface area contributed by atoms with Gasteiger partial charge < -0.3 is 15.3 Å². The molecule has 2 N–H and O–H groups in total. The Kier molecular flexibility index (Phi) is 3.33. The monoisotopic (exact) mass is 300 g/mol. The first-order valence-corrected chi connectivity index (χ1v) is 7.00. The van der Waals surface area contributed by atoms with E-state index in [0.717, 1.165) is 13.0 Å². The van der Waals surface area contributed by atoms with Crippen LogP contribution in [-0.4, -0.2) is 41.6 Å². The summed E-state index contributed by atoms with van der Waals surface area (Å²) in [5.41, 5.74) is 0.663. The normalized spacial score (nSPS) is 26.6. The van der Waals surface area contributed by atoms with Crippen molar-refractivity contribution in [2.45, 2.75) is 18.4 Å². The van der Waals surface area contributed by atoms with Crippen molar-refractivity contribution in [3.63, 3.8) is 0 Å². The van der Waals surface area contributed by atoms with E-state index >= 15 is 0 Å². The second-order valence-corrected chi connectivity index (χ2v) is 5.84. The van der Waals surface area contributed by atoms with Crippen LogP contribution in [0.15, 0.2) is 12.1 Å². The SMILES string of the molecule is O=C1CNC[C@@H]2C[C@H](c3c(O)ccc(Cl)c3Cl)CN12. The summed E-state index contributed by atoms with van der Waals surface area (Å²) in [6.07, 6.45) is 0.798. The van der Waals surface area contributed by atoms with Crippen molar-refractivity contribution in [2.24, 2.45) is 0 Å². The fourth-order valence-corrected chi connectivity index (χ4v) is 3.50. The summed E-state index contributed by atoms with van der Waals surface area (Å²) in [7, 11) is 0. The molecular formula is C13H14Cl2N2O2. The van der Waals surface area contributed by atoms with E-state index in [9.17, 15) is 9.90 Å². The van der Waals surface area contributed by atoms with Crippen LogP contribution < -0.4 is 5.32 Å². The molecule has 1 aromatic rings. The number of benzene rings is 1. The summed E-state index contributed by atoms with van der Waals surface area (Å²) in [6.45, 7) is 1.78. The Morgan fingerprint density at radius 3 is 2.89 bits per heavy atom. The number of phenols is 1. The first-order chi connectivity index (χ1) is 9.08. The predicted octanol–water partition coefficient (Wildman–Crippen LogP) is 1.99. The summed E-state index contributed by atoms with van der Waals surface area (Å²) in [4.78, 5) is 13.7. The van der Waals surface area contributed by atoms with E-state index in [0.29, 0.717) is 28.7 Å². The maximum atomic E-state index is 11.8. The Bertz CT molecular complexity index is 536. The minimum absolute atomic E-state index is 0.0417. The molecule has 2 aliphatic heterocycles. The van der Waals surface area contributed by atoms with Crippen LogP contribution in [0.3, 0.4) is 0 Å². The Morgan fingerprint density at radius 1 is 1.37 bits per heavy atom. The molecule has 2 atom stereocenters. The lowest BCUT2D eigenvalue weighted by atomic mass is 9.95. The van der Waals surface area contributed by atoms with Gasteiger partial charge in [0.1, 0.15) is 5.75 Å². The molecule has 2 aliphatic rings. The van der Waals surface area contributed by atoms with E-state index in [-0.39, 0.29) is 23.6 Å². The predicted molar refractivity (Wildman–Crippen MR) is 73.9 cm³/mol.